The minimum Gasteiger partial charge on any atom is -0.324 e. The molecule has 0 aliphatic carbocycles. The molecule has 0 heterocycles. The Kier molecular flexibility index (Phi) is 6.94. The van der Waals surface area contributed by atoms with E-state index in [1.807, 2.05) is 0 Å². The highest BCUT2D eigenvalue weighted by Gasteiger charge is 2.34. The second-order valence-corrected chi connectivity index (χ2v) is 8.95. The van der Waals surface area contributed by atoms with E-state index < -0.39 is 50.9 Å². The number of rotatable bonds is 6. The van der Waals surface area contributed by atoms with E-state index in [1.165, 1.54) is 0 Å². The van der Waals surface area contributed by atoms with Gasteiger partial charge in [-0.25, -0.2) is 17.2 Å². The minimum absolute atomic E-state index is 0.0945. The maximum absolute atomic E-state index is 13.3. The number of amides is 1. The smallest absolute Gasteiger partial charge is 0.324 e. The number of carbonyl (C=O) groups is 1. The summed E-state index contributed by atoms with van der Waals surface area (Å²) in [7, 11) is -4.43. The second-order valence-electron chi connectivity index (χ2n) is 6.68. The summed E-state index contributed by atoms with van der Waals surface area (Å²) >= 11 is 5.56. The summed E-state index contributed by atoms with van der Waals surface area (Å²) in [6.45, 7) is -0.866. The molecule has 5 nitrogen and oxygen atoms in total. The van der Waals surface area contributed by atoms with E-state index in [-0.39, 0.29) is 16.3 Å². The number of alkyl halides is 3. The highest BCUT2D eigenvalue weighted by atomic mass is 35.5. The quantitative estimate of drug-likeness (QED) is 0.453. The van der Waals surface area contributed by atoms with E-state index in [4.69, 9.17) is 11.6 Å². The second kappa shape index (κ2) is 9.36. The molecule has 0 atom stereocenters. The molecule has 0 aliphatic rings. The summed E-state index contributed by atoms with van der Waals surface area (Å²) < 4.78 is 92.6. The number of hydrogen-bond acceptors (Lipinski definition) is 3. The van der Waals surface area contributed by atoms with E-state index in [1.54, 1.807) is 0 Å². The number of nitrogens with one attached hydrogen (secondary N) is 1. The third-order valence-electron chi connectivity index (χ3n) is 4.36. The lowest BCUT2D eigenvalue weighted by Gasteiger charge is -2.24. The van der Waals surface area contributed by atoms with Crippen molar-refractivity contribution in [2.24, 2.45) is 0 Å². The van der Waals surface area contributed by atoms with Crippen molar-refractivity contribution in [3.8, 4) is 0 Å². The average molecular weight is 505 g/mol. The Morgan fingerprint density at radius 1 is 0.909 bits per heavy atom. The van der Waals surface area contributed by atoms with Gasteiger partial charge in [0.1, 0.15) is 18.2 Å². The molecule has 0 radical (unpaired) electrons. The Labute approximate surface area is 190 Å². The molecule has 3 aromatic rings. The van der Waals surface area contributed by atoms with Crippen molar-refractivity contribution in [3.63, 3.8) is 0 Å². The standard InChI is InChI=1S/C21H14ClF5N2O3S/c22-19-10-5-15(11-18(19)21(25,26)27)28-20(30)12-29(16-6-1-13(23)2-7-16)33(31,32)17-8-3-14(24)4-9-17/h1-11H,12H2,(H,28,30). The zero-order valence-corrected chi connectivity index (χ0v) is 18.0. The molecule has 1 amide bonds. The van der Waals surface area contributed by atoms with Crippen molar-refractivity contribution < 1.29 is 35.2 Å². The van der Waals surface area contributed by atoms with Gasteiger partial charge in [-0.1, -0.05) is 11.6 Å². The van der Waals surface area contributed by atoms with E-state index in [0.717, 1.165) is 60.7 Å². The molecule has 12 heteroatoms. The van der Waals surface area contributed by atoms with Gasteiger partial charge in [0.25, 0.3) is 10.0 Å². The number of anilines is 2. The molecular weight excluding hydrogens is 491 g/mol. The molecule has 0 saturated heterocycles. The van der Waals surface area contributed by atoms with Crippen molar-refractivity contribution in [3.05, 3.63) is 89.0 Å². The van der Waals surface area contributed by atoms with Crippen LogP contribution >= 0.6 is 11.6 Å². The Balaban J connectivity index is 1.93. The number of benzene rings is 3. The first kappa shape index (κ1) is 24.5. The van der Waals surface area contributed by atoms with Gasteiger partial charge in [-0.3, -0.25) is 9.10 Å². The van der Waals surface area contributed by atoms with Gasteiger partial charge in [0.05, 0.1) is 21.2 Å². The number of halogens is 6. The highest BCUT2D eigenvalue weighted by molar-refractivity contribution is 7.92. The molecule has 0 aliphatic heterocycles. The predicted octanol–water partition coefficient (Wildman–Crippen LogP) is 5.47. The SMILES string of the molecule is O=C(CN(c1ccc(F)cc1)S(=O)(=O)c1ccc(F)cc1)Nc1ccc(Cl)c(C(F)(F)F)c1. The van der Waals surface area contributed by atoms with Crippen LogP contribution in [0.25, 0.3) is 0 Å². The number of hydrogen-bond donors (Lipinski definition) is 1. The van der Waals surface area contributed by atoms with Crippen LogP contribution in [-0.4, -0.2) is 20.9 Å². The van der Waals surface area contributed by atoms with Crippen molar-refractivity contribution >= 4 is 38.9 Å². The third-order valence-corrected chi connectivity index (χ3v) is 6.48. The number of nitrogens with zero attached hydrogens (tertiary/aromatic N) is 1. The van der Waals surface area contributed by atoms with Crippen LogP contribution in [0.3, 0.4) is 0 Å². The fourth-order valence-corrected chi connectivity index (χ4v) is 4.45. The van der Waals surface area contributed by atoms with Crippen LogP contribution in [0.5, 0.6) is 0 Å². The fourth-order valence-electron chi connectivity index (χ4n) is 2.81. The number of carbonyl (C=O) groups excluding carboxylic acids is 1. The Morgan fingerprint density at radius 2 is 1.45 bits per heavy atom. The van der Waals surface area contributed by atoms with Crippen molar-refractivity contribution in [1.82, 2.24) is 0 Å². The summed E-state index contributed by atoms with van der Waals surface area (Å²) in [5.41, 5.74) is -1.55. The van der Waals surface area contributed by atoms with Crippen molar-refractivity contribution in [2.75, 3.05) is 16.2 Å². The van der Waals surface area contributed by atoms with Crippen LogP contribution < -0.4 is 9.62 Å². The molecular formula is C21H14ClF5N2O3S. The molecule has 0 unspecified atom stereocenters. The zero-order valence-electron chi connectivity index (χ0n) is 16.4. The van der Waals surface area contributed by atoms with Gasteiger partial charge in [0, 0.05) is 5.69 Å². The molecule has 0 spiro atoms. The van der Waals surface area contributed by atoms with Crippen molar-refractivity contribution in [2.45, 2.75) is 11.1 Å². The van der Waals surface area contributed by atoms with Gasteiger partial charge < -0.3 is 5.32 Å². The topological polar surface area (TPSA) is 66.5 Å². The maximum atomic E-state index is 13.3. The molecule has 3 rings (SSSR count). The highest BCUT2D eigenvalue weighted by Crippen LogP contribution is 2.36. The zero-order chi connectivity index (χ0) is 24.4. The van der Waals surface area contributed by atoms with E-state index in [9.17, 15) is 35.2 Å². The third kappa shape index (κ3) is 5.79. The Bertz CT molecular complexity index is 1260. The van der Waals surface area contributed by atoms with Crippen molar-refractivity contribution in [1.29, 1.82) is 0 Å². The largest absolute Gasteiger partial charge is 0.417 e. The first-order valence-corrected chi connectivity index (χ1v) is 10.9. The summed E-state index contributed by atoms with van der Waals surface area (Å²) in [6.07, 6.45) is -4.77. The maximum Gasteiger partial charge on any atom is 0.417 e. The number of sulfonamides is 1. The lowest BCUT2D eigenvalue weighted by molar-refractivity contribution is -0.137. The summed E-state index contributed by atoms with van der Waals surface area (Å²) in [5.74, 6) is -2.34. The molecule has 174 valence electrons. The molecule has 0 aromatic heterocycles. The van der Waals surface area contributed by atoms with E-state index in [2.05, 4.69) is 5.32 Å². The van der Waals surface area contributed by atoms with Crippen LogP contribution in [-0.2, 0) is 21.0 Å². The van der Waals surface area contributed by atoms with E-state index in [0.29, 0.717) is 10.4 Å². The van der Waals surface area contributed by atoms with Crippen LogP contribution in [0, 0.1) is 11.6 Å². The van der Waals surface area contributed by atoms with Gasteiger partial charge in [-0.15, -0.1) is 0 Å². The molecule has 1 N–H and O–H groups in total. The van der Waals surface area contributed by atoms with Gasteiger partial charge >= 0.3 is 6.18 Å². The van der Waals surface area contributed by atoms with Gasteiger partial charge in [0.15, 0.2) is 0 Å². The van der Waals surface area contributed by atoms with Crippen LogP contribution in [0.2, 0.25) is 5.02 Å². The predicted molar refractivity (Wildman–Crippen MR) is 112 cm³/mol. The average Bonchev–Trinajstić information content (AvgIpc) is 2.73. The minimum atomic E-state index is -4.77. The fraction of sp³-hybridized carbons (Fsp3) is 0.0952. The summed E-state index contributed by atoms with van der Waals surface area (Å²) in [4.78, 5) is 12.2. The van der Waals surface area contributed by atoms with Gasteiger partial charge in [0.2, 0.25) is 5.91 Å². The van der Waals surface area contributed by atoms with Crippen LogP contribution in [0.15, 0.2) is 71.6 Å². The molecule has 0 fully saturated rings. The lowest BCUT2D eigenvalue weighted by atomic mass is 10.2. The normalized spacial score (nSPS) is 11.8. The first-order chi connectivity index (χ1) is 15.4. The molecule has 33 heavy (non-hydrogen) atoms. The lowest BCUT2D eigenvalue weighted by Crippen LogP contribution is -2.38. The first-order valence-electron chi connectivity index (χ1n) is 9.08. The van der Waals surface area contributed by atoms with Gasteiger partial charge in [-0.05, 0) is 66.7 Å². The molecule has 0 saturated carbocycles. The monoisotopic (exact) mass is 504 g/mol. The Hall–Kier alpha value is -3.18. The van der Waals surface area contributed by atoms with Crippen LogP contribution in [0.1, 0.15) is 5.56 Å². The van der Waals surface area contributed by atoms with Gasteiger partial charge in [-0.2, -0.15) is 13.2 Å². The van der Waals surface area contributed by atoms with Crippen LogP contribution in [0.4, 0.5) is 33.3 Å². The van der Waals surface area contributed by atoms with E-state index >= 15 is 0 Å². The molecule has 3 aromatic carbocycles. The Morgan fingerprint density at radius 3 is 2.00 bits per heavy atom. The summed E-state index contributed by atoms with van der Waals surface area (Å²) in [5, 5.41) is 1.61. The summed E-state index contributed by atoms with van der Waals surface area (Å²) in [6, 6.07) is 10.6. The molecule has 0 bridgehead atoms.